The summed E-state index contributed by atoms with van der Waals surface area (Å²) in [6.07, 6.45) is 0. The highest BCUT2D eigenvalue weighted by molar-refractivity contribution is 6.06. The lowest BCUT2D eigenvalue weighted by Crippen LogP contribution is -2.35. The van der Waals surface area contributed by atoms with Gasteiger partial charge < -0.3 is 9.64 Å². The fraction of sp³-hybridized carbons (Fsp3) is 0.357. The predicted octanol–water partition coefficient (Wildman–Crippen LogP) is 1.93. The summed E-state index contributed by atoms with van der Waals surface area (Å²) < 4.78 is 4.64. The van der Waals surface area contributed by atoms with E-state index in [1.807, 2.05) is 13.8 Å². The Morgan fingerprint density at radius 1 is 1.35 bits per heavy atom. The van der Waals surface area contributed by atoms with Crippen LogP contribution in [-0.4, -0.2) is 35.9 Å². The zero-order chi connectivity index (χ0) is 14.9. The average molecular weight is 275 g/mol. The molecule has 2 rings (SSSR count). The van der Waals surface area contributed by atoms with E-state index in [0.29, 0.717) is 5.56 Å². The molecule has 6 heteroatoms. The Labute approximate surface area is 117 Å². The Kier molecular flexibility index (Phi) is 3.74. The summed E-state index contributed by atoms with van der Waals surface area (Å²) >= 11 is 0. The molecule has 1 saturated heterocycles. The largest absolute Gasteiger partial charge is 0.465 e. The van der Waals surface area contributed by atoms with Crippen molar-refractivity contribution in [2.75, 3.05) is 7.11 Å². The lowest BCUT2D eigenvalue weighted by Gasteiger charge is -2.26. The summed E-state index contributed by atoms with van der Waals surface area (Å²) in [6.45, 7) is 3.79. The number of hydrogen-bond acceptors (Lipinski definition) is 4. The van der Waals surface area contributed by atoms with Crippen LogP contribution in [0.5, 0.6) is 0 Å². The lowest BCUT2D eigenvalue weighted by atomic mass is 10.0. The van der Waals surface area contributed by atoms with Gasteiger partial charge in [-0.25, -0.2) is 9.59 Å². The number of urea groups is 1. The van der Waals surface area contributed by atoms with Gasteiger partial charge in [-0.1, -0.05) is 12.1 Å². The van der Waals surface area contributed by atoms with Crippen molar-refractivity contribution in [3.8, 4) is 0 Å². The van der Waals surface area contributed by atoms with Gasteiger partial charge in [0.1, 0.15) is 11.9 Å². The van der Waals surface area contributed by atoms with Crippen molar-refractivity contribution < 1.29 is 14.3 Å². The molecule has 2 N–H and O–H groups in total. The smallest absolute Gasteiger partial charge is 0.337 e. The Morgan fingerprint density at radius 2 is 1.95 bits per heavy atom. The van der Waals surface area contributed by atoms with Crippen LogP contribution < -0.4 is 5.32 Å². The molecule has 0 spiro atoms. The minimum Gasteiger partial charge on any atom is -0.465 e. The first-order valence-electron chi connectivity index (χ1n) is 6.31. The first kappa shape index (κ1) is 14.0. The van der Waals surface area contributed by atoms with E-state index in [4.69, 9.17) is 5.41 Å². The van der Waals surface area contributed by atoms with Crippen LogP contribution in [0.15, 0.2) is 24.3 Å². The monoisotopic (exact) mass is 275 g/mol. The summed E-state index contributed by atoms with van der Waals surface area (Å²) in [5, 5.41) is 10.4. The number of ether oxygens (including phenoxy) is 1. The third-order valence-electron chi connectivity index (χ3n) is 3.23. The fourth-order valence-electron chi connectivity index (χ4n) is 2.28. The average Bonchev–Trinajstić information content (AvgIpc) is 2.72. The van der Waals surface area contributed by atoms with Crippen LogP contribution in [-0.2, 0) is 4.74 Å². The number of benzene rings is 1. The number of nitrogens with one attached hydrogen (secondary N) is 2. The third kappa shape index (κ3) is 2.36. The molecule has 0 bridgehead atoms. The molecule has 0 aromatic heterocycles. The van der Waals surface area contributed by atoms with Crippen molar-refractivity contribution in [3.05, 3.63) is 35.4 Å². The molecule has 1 heterocycles. The van der Waals surface area contributed by atoms with Crippen molar-refractivity contribution in [1.29, 1.82) is 5.41 Å². The lowest BCUT2D eigenvalue weighted by molar-refractivity contribution is 0.0600. The summed E-state index contributed by atoms with van der Waals surface area (Å²) in [4.78, 5) is 24.8. The molecule has 0 radical (unpaired) electrons. The molecule has 20 heavy (non-hydrogen) atoms. The predicted molar refractivity (Wildman–Crippen MR) is 73.8 cm³/mol. The molecule has 0 aliphatic carbocycles. The van der Waals surface area contributed by atoms with Gasteiger partial charge in [0.2, 0.25) is 0 Å². The number of methoxy groups -OCH3 is 1. The SMILES string of the molecule is COC(=O)c1ccc(C2C(=N)NC(=O)N2C(C)C)cc1. The van der Waals surface area contributed by atoms with Gasteiger partial charge >= 0.3 is 12.0 Å². The zero-order valence-corrected chi connectivity index (χ0v) is 11.6. The van der Waals surface area contributed by atoms with E-state index in [1.165, 1.54) is 7.11 Å². The van der Waals surface area contributed by atoms with Crippen LogP contribution >= 0.6 is 0 Å². The maximum atomic E-state index is 11.8. The van der Waals surface area contributed by atoms with Crippen molar-refractivity contribution in [2.45, 2.75) is 25.9 Å². The molecule has 1 atom stereocenters. The van der Waals surface area contributed by atoms with E-state index in [0.717, 1.165) is 5.56 Å². The second-order valence-electron chi connectivity index (χ2n) is 4.86. The minimum absolute atomic E-state index is 0.0249. The second-order valence-corrected chi connectivity index (χ2v) is 4.86. The van der Waals surface area contributed by atoms with Gasteiger partial charge in [-0.15, -0.1) is 0 Å². The van der Waals surface area contributed by atoms with Crippen LogP contribution in [0.25, 0.3) is 0 Å². The van der Waals surface area contributed by atoms with Crippen LogP contribution in [0.2, 0.25) is 0 Å². The Morgan fingerprint density at radius 3 is 2.45 bits per heavy atom. The molecular formula is C14H17N3O3. The number of carbonyl (C=O) groups is 2. The van der Waals surface area contributed by atoms with Gasteiger partial charge in [0.05, 0.1) is 12.7 Å². The highest BCUT2D eigenvalue weighted by Crippen LogP contribution is 2.28. The molecule has 2 amide bonds. The van der Waals surface area contributed by atoms with Crippen molar-refractivity contribution in [1.82, 2.24) is 10.2 Å². The van der Waals surface area contributed by atoms with Gasteiger partial charge in [-0.3, -0.25) is 10.7 Å². The van der Waals surface area contributed by atoms with Gasteiger partial charge in [0.15, 0.2) is 0 Å². The van der Waals surface area contributed by atoms with E-state index < -0.39 is 12.0 Å². The number of nitrogens with zero attached hydrogens (tertiary/aromatic N) is 1. The van der Waals surface area contributed by atoms with Crippen LogP contribution in [0, 0.1) is 5.41 Å². The Balaban J connectivity index is 2.32. The maximum absolute atomic E-state index is 11.8. The number of rotatable bonds is 3. The quantitative estimate of drug-likeness (QED) is 0.827. The normalized spacial score (nSPS) is 18.4. The third-order valence-corrected chi connectivity index (χ3v) is 3.23. The molecular weight excluding hydrogens is 258 g/mol. The molecule has 1 aliphatic heterocycles. The van der Waals surface area contributed by atoms with E-state index in [-0.39, 0.29) is 17.9 Å². The standard InChI is InChI=1S/C14H17N3O3/c1-8(2)17-11(12(15)16-14(17)19)9-4-6-10(7-5-9)13(18)20-3/h4-8,11H,1-3H3,(H2,15,16,19). The number of carbonyl (C=O) groups excluding carboxylic acids is 2. The summed E-state index contributed by atoms with van der Waals surface area (Å²) in [5.74, 6) is -0.262. The van der Waals surface area contributed by atoms with Crippen LogP contribution in [0.4, 0.5) is 4.79 Å². The van der Waals surface area contributed by atoms with Crippen molar-refractivity contribution in [2.24, 2.45) is 0 Å². The van der Waals surface area contributed by atoms with Crippen molar-refractivity contribution >= 4 is 17.8 Å². The first-order valence-corrected chi connectivity index (χ1v) is 6.31. The molecule has 1 aromatic rings. The van der Waals surface area contributed by atoms with Gasteiger partial charge in [-0.2, -0.15) is 0 Å². The van der Waals surface area contributed by atoms with Crippen LogP contribution in [0.1, 0.15) is 35.8 Å². The summed E-state index contributed by atoms with van der Waals surface area (Å²) in [6, 6.07) is 6.01. The molecule has 106 valence electrons. The van der Waals surface area contributed by atoms with Crippen LogP contribution in [0.3, 0.4) is 0 Å². The number of hydrogen-bond donors (Lipinski definition) is 2. The first-order chi connectivity index (χ1) is 9.45. The van der Waals surface area contributed by atoms with E-state index in [9.17, 15) is 9.59 Å². The maximum Gasteiger partial charge on any atom is 0.337 e. The van der Waals surface area contributed by atoms with E-state index in [2.05, 4.69) is 10.1 Å². The summed E-state index contributed by atoms with van der Waals surface area (Å²) in [7, 11) is 1.33. The molecule has 6 nitrogen and oxygen atoms in total. The van der Waals surface area contributed by atoms with Gasteiger partial charge in [0, 0.05) is 6.04 Å². The Bertz CT molecular complexity index is 551. The minimum atomic E-state index is -0.436. The van der Waals surface area contributed by atoms with Gasteiger partial charge in [-0.05, 0) is 31.5 Å². The number of amides is 2. The van der Waals surface area contributed by atoms with Crippen molar-refractivity contribution in [3.63, 3.8) is 0 Å². The molecule has 0 saturated carbocycles. The van der Waals surface area contributed by atoms with E-state index >= 15 is 0 Å². The number of esters is 1. The zero-order valence-electron chi connectivity index (χ0n) is 11.6. The highest BCUT2D eigenvalue weighted by atomic mass is 16.5. The van der Waals surface area contributed by atoms with E-state index in [1.54, 1.807) is 29.2 Å². The summed E-state index contributed by atoms with van der Waals surface area (Å²) in [5.41, 5.74) is 1.23. The topological polar surface area (TPSA) is 82.5 Å². The molecule has 1 aromatic carbocycles. The Hall–Kier alpha value is -2.37. The fourth-order valence-corrected chi connectivity index (χ4v) is 2.28. The van der Waals surface area contributed by atoms with Gasteiger partial charge in [0.25, 0.3) is 0 Å². The molecule has 1 aliphatic rings. The molecule has 1 unspecified atom stereocenters. The second kappa shape index (κ2) is 5.32. The molecule has 1 fully saturated rings. The number of amidine groups is 1. The highest BCUT2D eigenvalue weighted by Gasteiger charge is 2.38.